The molecule has 0 aromatic rings. The van der Waals surface area contributed by atoms with Crippen LogP contribution in [0, 0.1) is 17.3 Å². The van der Waals surface area contributed by atoms with Gasteiger partial charge in [0, 0.05) is 19.7 Å². The third kappa shape index (κ3) is 3.53. The molecule has 116 valence electrons. The Morgan fingerprint density at radius 1 is 1.35 bits per heavy atom. The standard InChI is InChI=1S/C16H30N2O2/c1-2-7-16(8-4-9-17-12-16)15(20)18-10-13-5-3-6-14(13)11-19/h13-14,17,19H,2-12H2,1H3,(H,18,20). The number of carbonyl (C=O) groups is 1. The first-order valence-corrected chi connectivity index (χ1v) is 8.32. The second kappa shape index (κ2) is 7.41. The van der Waals surface area contributed by atoms with Gasteiger partial charge in [-0.15, -0.1) is 0 Å². The number of hydrogen-bond acceptors (Lipinski definition) is 3. The van der Waals surface area contributed by atoms with Crippen LogP contribution in [-0.2, 0) is 4.79 Å². The van der Waals surface area contributed by atoms with Crippen molar-refractivity contribution in [3.63, 3.8) is 0 Å². The molecule has 4 heteroatoms. The molecule has 0 radical (unpaired) electrons. The molecule has 4 nitrogen and oxygen atoms in total. The van der Waals surface area contributed by atoms with E-state index in [1.807, 2.05) is 0 Å². The van der Waals surface area contributed by atoms with Gasteiger partial charge in [0.15, 0.2) is 0 Å². The number of hydrogen-bond donors (Lipinski definition) is 3. The lowest BCUT2D eigenvalue weighted by molar-refractivity contribution is -0.132. The number of nitrogens with one attached hydrogen (secondary N) is 2. The van der Waals surface area contributed by atoms with Gasteiger partial charge >= 0.3 is 0 Å². The van der Waals surface area contributed by atoms with Crippen LogP contribution in [0.15, 0.2) is 0 Å². The van der Waals surface area contributed by atoms with E-state index in [2.05, 4.69) is 17.6 Å². The summed E-state index contributed by atoms with van der Waals surface area (Å²) in [7, 11) is 0. The first-order chi connectivity index (χ1) is 9.72. The molecule has 2 aliphatic rings. The topological polar surface area (TPSA) is 61.4 Å². The Balaban J connectivity index is 1.88. The summed E-state index contributed by atoms with van der Waals surface area (Å²) >= 11 is 0. The first-order valence-electron chi connectivity index (χ1n) is 8.32. The molecule has 20 heavy (non-hydrogen) atoms. The fraction of sp³-hybridized carbons (Fsp3) is 0.938. The third-order valence-electron chi connectivity index (χ3n) is 5.26. The van der Waals surface area contributed by atoms with Gasteiger partial charge in [-0.05, 0) is 50.5 Å². The lowest BCUT2D eigenvalue weighted by Crippen LogP contribution is -2.51. The van der Waals surface area contributed by atoms with Crippen LogP contribution in [0.2, 0.25) is 0 Å². The zero-order valence-electron chi connectivity index (χ0n) is 12.8. The Bertz CT molecular complexity index is 308. The van der Waals surface area contributed by atoms with Crippen molar-refractivity contribution < 1.29 is 9.90 Å². The Morgan fingerprint density at radius 3 is 2.80 bits per heavy atom. The van der Waals surface area contributed by atoms with Crippen molar-refractivity contribution in [2.75, 3.05) is 26.2 Å². The van der Waals surface area contributed by atoms with E-state index in [0.717, 1.165) is 58.2 Å². The minimum atomic E-state index is -0.194. The van der Waals surface area contributed by atoms with E-state index in [1.54, 1.807) is 0 Å². The highest BCUT2D eigenvalue weighted by molar-refractivity contribution is 5.83. The van der Waals surface area contributed by atoms with Crippen LogP contribution >= 0.6 is 0 Å². The molecule has 0 aromatic carbocycles. The van der Waals surface area contributed by atoms with Crippen molar-refractivity contribution in [1.82, 2.24) is 10.6 Å². The predicted octanol–water partition coefficient (Wildman–Crippen LogP) is 1.68. The van der Waals surface area contributed by atoms with E-state index in [9.17, 15) is 9.90 Å². The number of amides is 1. The fourth-order valence-corrected chi connectivity index (χ4v) is 4.00. The summed E-state index contributed by atoms with van der Waals surface area (Å²) in [6, 6.07) is 0. The van der Waals surface area contributed by atoms with Crippen molar-refractivity contribution in [1.29, 1.82) is 0 Å². The van der Waals surface area contributed by atoms with Crippen LogP contribution < -0.4 is 10.6 Å². The monoisotopic (exact) mass is 282 g/mol. The average molecular weight is 282 g/mol. The molecular formula is C16H30N2O2. The van der Waals surface area contributed by atoms with Crippen LogP contribution in [-0.4, -0.2) is 37.3 Å². The highest BCUT2D eigenvalue weighted by Crippen LogP contribution is 2.33. The second-order valence-electron chi connectivity index (χ2n) is 6.65. The first kappa shape index (κ1) is 15.8. The van der Waals surface area contributed by atoms with Gasteiger partial charge in [-0.1, -0.05) is 19.8 Å². The van der Waals surface area contributed by atoms with Crippen LogP contribution in [0.1, 0.15) is 51.9 Å². The van der Waals surface area contributed by atoms with Gasteiger partial charge in [-0.3, -0.25) is 4.79 Å². The van der Waals surface area contributed by atoms with Crippen LogP contribution in [0.25, 0.3) is 0 Å². The van der Waals surface area contributed by atoms with Gasteiger partial charge in [-0.2, -0.15) is 0 Å². The summed E-state index contributed by atoms with van der Waals surface area (Å²) in [5.74, 6) is 1.09. The minimum absolute atomic E-state index is 0.194. The van der Waals surface area contributed by atoms with Gasteiger partial charge in [0.2, 0.25) is 5.91 Å². The number of carbonyl (C=O) groups excluding carboxylic acids is 1. The zero-order chi connectivity index (χ0) is 14.4. The lowest BCUT2D eigenvalue weighted by Gasteiger charge is -2.36. The van der Waals surface area contributed by atoms with Crippen molar-refractivity contribution in [2.24, 2.45) is 17.3 Å². The molecular weight excluding hydrogens is 252 g/mol. The molecule has 1 heterocycles. The predicted molar refractivity (Wildman–Crippen MR) is 80.4 cm³/mol. The average Bonchev–Trinajstić information content (AvgIpc) is 2.93. The molecule has 0 spiro atoms. The Kier molecular flexibility index (Phi) is 5.85. The summed E-state index contributed by atoms with van der Waals surface area (Å²) in [6.07, 6.45) is 7.57. The maximum absolute atomic E-state index is 12.6. The highest BCUT2D eigenvalue weighted by Gasteiger charge is 2.39. The molecule has 3 atom stereocenters. The van der Waals surface area contributed by atoms with Crippen LogP contribution in [0.4, 0.5) is 0 Å². The number of aliphatic hydroxyl groups excluding tert-OH is 1. The van der Waals surface area contributed by atoms with Gasteiger partial charge in [-0.25, -0.2) is 0 Å². The maximum atomic E-state index is 12.6. The maximum Gasteiger partial charge on any atom is 0.227 e. The molecule has 2 rings (SSSR count). The molecule has 1 saturated heterocycles. The van der Waals surface area contributed by atoms with Gasteiger partial charge in [0.25, 0.3) is 0 Å². The smallest absolute Gasteiger partial charge is 0.227 e. The quantitative estimate of drug-likeness (QED) is 0.694. The number of aliphatic hydroxyl groups is 1. The van der Waals surface area contributed by atoms with E-state index in [0.29, 0.717) is 11.8 Å². The summed E-state index contributed by atoms with van der Waals surface area (Å²) in [6.45, 7) is 5.02. The number of rotatable bonds is 6. The molecule has 3 N–H and O–H groups in total. The Labute approximate surface area is 122 Å². The highest BCUT2D eigenvalue weighted by atomic mass is 16.3. The molecule has 1 aliphatic carbocycles. The molecule has 1 saturated carbocycles. The van der Waals surface area contributed by atoms with E-state index in [1.165, 1.54) is 6.42 Å². The Morgan fingerprint density at radius 2 is 2.15 bits per heavy atom. The molecule has 1 amide bonds. The SMILES string of the molecule is CCCC1(C(=O)NCC2CCCC2CO)CCCNC1. The molecule has 0 bridgehead atoms. The van der Waals surface area contributed by atoms with Crippen LogP contribution in [0.5, 0.6) is 0 Å². The van der Waals surface area contributed by atoms with E-state index < -0.39 is 0 Å². The largest absolute Gasteiger partial charge is 0.396 e. The third-order valence-corrected chi connectivity index (χ3v) is 5.26. The molecule has 1 aliphatic heterocycles. The number of piperidine rings is 1. The van der Waals surface area contributed by atoms with Gasteiger partial charge in [0.1, 0.15) is 0 Å². The Hall–Kier alpha value is -0.610. The van der Waals surface area contributed by atoms with E-state index in [-0.39, 0.29) is 17.9 Å². The summed E-state index contributed by atoms with van der Waals surface area (Å²) in [4.78, 5) is 12.6. The van der Waals surface area contributed by atoms with Crippen molar-refractivity contribution in [3.05, 3.63) is 0 Å². The zero-order valence-corrected chi connectivity index (χ0v) is 12.8. The molecule has 2 fully saturated rings. The van der Waals surface area contributed by atoms with Gasteiger partial charge < -0.3 is 15.7 Å². The summed E-state index contributed by atoms with van der Waals surface area (Å²) < 4.78 is 0. The lowest BCUT2D eigenvalue weighted by atomic mass is 9.76. The van der Waals surface area contributed by atoms with Crippen molar-refractivity contribution in [2.45, 2.75) is 51.9 Å². The minimum Gasteiger partial charge on any atom is -0.396 e. The molecule has 0 aromatic heterocycles. The normalized spacial score (nSPS) is 34.1. The summed E-state index contributed by atoms with van der Waals surface area (Å²) in [5, 5.41) is 15.9. The molecule has 3 unspecified atom stereocenters. The van der Waals surface area contributed by atoms with Gasteiger partial charge in [0.05, 0.1) is 5.41 Å². The van der Waals surface area contributed by atoms with Crippen molar-refractivity contribution in [3.8, 4) is 0 Å². The summed E-state index contributed by atoms with van der Waals surface area (Å²) in [5.41, 5.74) is -0.194. The van der Waals surface area contributed by atoms with E-state index >= 15 is 0 Å². The van der Waals surface area contributed by atoms with E-state index in [4.69, 9.17) is 0 Å². The van der Waals surface area contributed by atoms with Crippen LogP contribution in [0.3, 0.4) is 0 Å². The second-order valence-corrected chi connectivity index (χ2v) is 6.65. The van der Waals surface area contributed by atoms with Crippen molar-refractivity contribution >= 4 is 5.91 Å². The fourth-order valence-electron chi connectivity index (χ4n) is 4.00.